The first-order valence-electron chi connectivity index (χ1n) is 7.30. The van der Waals surface area contributed by atoms with Crippen molar-refractivity contribution in [2.45, 2.75) is 13.1 Å². The number of guanidine groups is 2. The minimum atomic E-state index is -0.380. The minimum Gasteiger partial charge on any atom is -0.497 e. The zero-order chi connectivity index (χ0) is 16.2. The smallest absolute Gasteiger partial charge is 0.205 e. The molecule has 2 aromatic carbocycles. The van der Waals surface area contributed by atoms with Gasteiger partial charge in [-0.05, 0) is 36.8 Å². The second kappa shape index (κ2) is 6.39. The Labute approximate surface area is 135 Å². The Morgan fingerprint density at radius 2 is 1.74 bits per heavy atom. The van der Waals surface area contributed by atoms with Crippen LogP contribution in [0.25, 0.3) is 0 Å². The van der Waals surface area contributed by atoms with E-state index in [0.29, 0.717) is 11.9 Å². The third-order valence-electron chi connectivity index (χ3n) is 3.49. The van der Waals surface area contributed by atoms with Crippen LogP contribution in [0.2, 0.25) is 0 Å². The quantitative estimate of drug-likeness (QED) is 0.813. The maximum absolute atomic E-state index is 5.88. The van der Waals surface area contributed by atoms with Crippen molar-refractivity contribution >= 4 is 17.6 Å². The van der Waals surface area contributed by atoms with E-state index in [9.17, 15) is 0 Å². The van der Waals surface area contributed by atoms with Gasteiger partial charge in [-0.25, -0.2) is 9.98 Å². The van der Waals surface area contributed by atoms with Crippen LogP contribution in [0, 0.1) is 6.92 Å². The lowest BCUT2D eigenvalue weighted by Crippen LogP contribution is -2.43. The Morgan fingerprint density at radius 1 is 1.04 bits per heavy atom. The average Bonchev–Trinajstić information content (AvgIpc) is 2.56. The van der Waals surface area contributed by atoms with Crippen LogP contribution < -0.4 is 21.1 Å². The van der Waals surface area contributed by atoms with E-state index in [1.54, 1.807) is 7.11 Å². The number of rotatable bonds is 3. The predicted molar refractivity (Wildman–Crippen MR) is 92.7 cm³/mol. The van der Waals surface area contributed by atoms with Gasteiger partial charge in [0.05, 0.1) is 7.11 Å². The first-order valence-corrected chi connectivity index (χ1v) is 7.30. The normalized spacial score (nSPS) is 16.9. The molecule has 3 rings (SSSR count). The third kappa shape index (κ3) is 3.60. The van der Waals surface area contributed by atoms with Crippen LogP contribution >= 0.6 is 0 Å². The molecule has 0 saturated heterocycles. The topological polar surface area (TPSA) is 84.0 Å². The third-order valence-corrected chi connectivity index (χ3v) is 3.49. The summed E-state index contributed by atoms with van der Waals surface area (Å²) in [7, 11) is 1.64. The van der Waals surface area contributed by atoms with Crippen molar-refractivity contribution in [3.8, 4) is 5.75 Å². The van der Waals surface area contributed by atoms with Gasteiger partial charge in [-0.3, -0.25) is 5.32 Å². The van der Waals surface area contributed by atoms with E-state index in [0.717, 1.165) is 17.0 Å². The molecule has 2 aromatic rings. The molecule has 1 atom stereocenters. The van der Waals surface area contributed by atoms with Gasteiger partial charge in [-0.2, -0.15) is 0 Å². The van der Waals surface area contributed by atoms with Gasteiger partial charge in [0.15, 0.2) is 12.1 Å². The van der Waals surface area contributed by atoms with Crippen LogP contribution in [0.4, 0.5) is 5.69 Å². The summed E-state index contributed by atoms with van der Waals surface area (Å²) < 4.78 is 5.17. The van der Waals surface area contributed by atoms with Crippen molar-refractivity contribution in [3.05, 3.63) is 59.7 Å². The number of nitrogens with one attached hydrogen (secondary N) is 2. The average molecular weight is 309 g/mol. The molecule has 1 aliphatic rings. The Hall–Kier alpha value is -3.02. The van der Waals surface area contributed by atoms with Crippen molar-refractivity contribution in [2.75, 3.05) is 12.4 Å². The molecule has 0 aromatic heterocycles. The summed E-state index contributed by atoms with van der Waals surface area (Å²) in [5.74, 6) is 1.69. The second-order valence-corrected chi connectivity index (χ2v) is 5.25. The summed E-state index contributed by atoms with van der Waals surface area (Å²) in [5.41, 5.74) is 8.96. The fourth-order valence-corrected chi connectivity index (χ4v) is 2.23. The molecular weight excluding hydrogens is 290 g/mol. The number of hydrogen-bond donors (Lipinski definition) is 3. The Balaban J connectivity index is 1.80. The van der Waals surface area contributed by atoms with Crippen LogP contribution in [0.3, 0.4) is 0 Å². The van der Waals surface area contributed by atoms with E-state index >= 15 is 0 Å². The van der Waals surface area contributed by atoms with Crippen LogP contribution in [-0.2, 0) is 0 Å². The molecule has 6 heteroatoms. The molecule has 1 heterocycles. The van der Waals surface area contributed by atoms with Crippen LogP contribution in [0.5, 0.6) is 5.75 Å². The highest BCUT2D eigenvalue weighted by Gasteiger charge is 2.17. The molecule has 0 saturated carbocycles. The molecule has 0 radical (unpaired) electrons. The fraction of sp³-hybridized carbons (Fsp3) is 0.176. The van der Waals surface area contributed by atoms with Crippen LogP contribution in [0.15, 0.2) is 58.5 Å². The monoisotopic (exact) mass is 309 g/mol. The number of benzene rings is 2. The molecule has 0 aliphatic carbocycles. The molecule has 0 spiro atoms. The molecule has 118 valence electrons. The summed E-state index contributed by atoms with van der Waals surface area (Å²) in [5, 5.41) is 6.16. The van der Waals surface area contributed by atoms with E-state index in [-0.39, 0.29) is 6.17 Å². The number of nitrogens with zero attached hydrogens (tertiary/aromatic N) is 2. The number of aliphatic imine (C=N–C) groups is 2. The fourth-order valence-electron chi connectivity index (χ4n) is 2.23. The SMILES string of the molecule is COc1ccc(C2N=C(N)NC(Nc3ccc(C)cc3)=N2)cc1. The zero-order valence-corrected chi connectivity index (χ0v) is 13.1. The molecule has 23 heavy (non-hydrogen) atoms. The van der Waals surface area contributed by atoms with Gasteiger partial charge in [-0.15, -0.1) is 0 Å². The summed E-state index contributed by atoms with van der Waals surface area (Å²) in [6, 6.07) is 15.7. The summed E-state index contributed by atoms with van der Waals surface area (Å²) >= 11 is 0. The van der Waals surface area contributed by atoms with Gasteiger partial charge in [0.1, 0.15) is 5.75 Å². The lowest BCUT2D eigenvalue weighted by Gasteiger charge is -2.20. The van der Waals surface area contributed by atoms with Gasteiger partial charge in [0, 0.05) is 5.69 Å². The lowest BCUT2D eigenvalue weighted by molar-refractivity contribution is 0.414. The van der Waals surface area contributed by atoms with E-state index in [4.69, 9.17) is 10.5 Å². The first-order chi connectivity index (χ1) is 11.1. The minimum absolute atomic E-state index is 0.329. The number of hydrogen-bond acceptors (Lipinski definition) is 6. The Bertz CT molecular complexity index is 735. The summed E-state index contributed by atoms with van der Waals surface area (Å²) in [6.45, 7) is 2.05. The Kier molecular flexibility index (Phi) is 4.14. The second-order valence-electron chi connectivity index (χ2n) is 5.25. The number of methoxy groups -OCH3 is 1. The molecule has 0 amide bonds. The van der Waals surface area contributed by atoms with Crippen LogP contribution in [-0.4, -0.2) is 19.0 Å². The Morgan fingerprint density at radius 3 is 2.39 bits per heavy atom. The number of aryl methyl sites for hydroxylation is 1. The van der Waals surface area contributed by atoms with E-state index in [2.05, 4.69) is 20.6 Å². The summed E-state index contributed by atoms with van der Waals surface area (Å²) in [4.78, 5) is 8.89. The highest BCUT2D eigenvalue weighted by atomic mass is 16.5. The largest absolute Gasteiger partial charge is 0.497 e. The van der Waals surface area contributed by atoms with E-state index in [1.165, 1.54) is 5.56 Å². The molecule has 0 bridgehead atoms. The standard InChI is InChI=1S/C17H19N5O/c1-11-3-7-13(8-4-11)19-17-21-15(20-16(18)22-17)12-5-9-14(23-2)10-6-12/h3-10,15H,1-2H3,(H4,18,19,20,21,22). The number of nitrogens with two attached hydrogens (primary N) is 1. The van der Waals surface area contributed by atoms with Crippen molar-refractivity contribution < 1.29 is 4.74 Å². The van der Waals surface area contributed by atoms with Crippen molar-refractivity contribution in [1.82, 2.24) is 5.32 Å². The van der Waals surface area contributed by atoms with Crippen molar-refractivity contribution in [3.63, 3.8) is 0 Å². The predicted octanol–water partition coefficient (Wildman–Crippen LogP) is 2.39. The van der Waals surface area contributed by atoms with Gasteiger partial charge < -0.3 is 15.8 Å². The molecule has 0 fully saturated rings. The van der Waals surface area contributed by atoms with E-state index < -0.39 is 0 Å². The molecule has 1 aliphatic heterocycles. The molecule has 1 unspecified atom stereocenters. The highest BCUT2D eigenvalue weighted by Crippen LogP contribution is 2.23. The van der Waals surface area contributed by atoms with Gasteiger partial charge in [0.25, 0.3) is 0 Å². The molecular formula is C17H19N5O. The van der Waals surface area contributed by atoms with Gasteiger partial charge >= 0.3 is 0 Å². The van der Waals surface area contributed by atoms with Crippen molar-refractivity contribution in [1.29, 1.82) is 0 Å². The number of ether oxygens (including phenoxy) is 1. The van der Waals surface area contributed by atoms with Gasteiger partial charge in [0.2, 0.25) is 5.96 Å². The zero-order valence-electron chi connectivity index (χ0n) is 13.1. The number of anilines is 1. The lowest BCUT2D eigenvalue weighted by atomic mass is 10.1. The molecule has 6 nitrogen and oxygen atoms in total. The van der Waals surface area contributed by atoms with E-state index in [1.807, 2.05) is 55.5 Å². The summed E-state index contributed by atoms with van der Waals surface area (Å²) in [6.07, 6.45) is -0.380. The first kappa shape index (κ1) is 14.9. The van der Waals surface area contributed by atoms with Crippen molar-refractivity contribution in [2.24, 2.45) is 15.7 Å². The molecule has 4 N–H and O–H groups in total. The van der Waals surface area contributed by atoms with Crippen LogP contribution in [0.1, 0.15) is 17.3 Å². The highest BCUT2D eigenvalue weighted by molar-refractivity contribution is 6.05. The van der Waals surface area contributed by atoms with Gasteiger partial charge in [-0.1, -0.05) is 29.8 Å². The maximum Gasteiger partial charge on any atom is 0.205 e. The maximum atomic E-state index is 5.88.